The Morgan fingerprint density at radius 3 is 2.36 bits per heavy atom. The summed E-state index contributed by atoms with van der Waals surface area (Å²) in [6.07, 6.45) is -4.38. The molecule has 4 nitrogen and oxygen atoms in total. The number of hydrogen-bond acceptors (Lipinski definition) is 3. The standard InChI is InChI=1S/C18H13F3N2O2/c19-18(20,21)14-8-6-12(7-9-14)11-22-17(24)16-10-15(23-25-16)13-4-2-1-3-5-13/h1-10H,11H2,(H,22,24). The third-order valence-electron chi connectivity index (χ3n) is 3.54. The molecule has 0 bridgehead atoms. The maximum Gasteiger partial charge on any atom is 0.416 e. The second-order valence-corrected chi connectivity index (χ2v) is 5.32. The molecule has 0 unspecified atom stereocenters. The molecule has 1 heterocycles. The molecule has 1 N–H and O–H groups in total. The molecule has 3 rings (SSSR count). The first-order valence-electron chi connectivity index (χ1n) is 7.40. The largest absolute Gasteiger partial charge is 0.416 e. The average molecular weight is 346 g/mol. The zero-order chi connectivity index (χ0) is 17.9. The number of nitrogens with one attached hydrogen (secondary N) is 1. The molecule has 7 heteroatoms. The van der Waals surface area contributed by atoms with Crippen LogP contribution in [0.25, 0.3) is 11.3 Å². The molecule has 0 atom stereocenters. The molecule has 0 aliphatic rings. The van der Waals surface area contributed by atoms with Gasteiger partial charge in [0.1, 0.15) is 5.69 Å². The average Bonchev–Trinajstić information content (AvgIpc) is 3.10. The van der Waals surface area contributed by atoms with E-state index in [-0.39, 0.29) is 12.3 Å². The summed E-state index contributed by atoms with van der Waals surface area (Å²) < 4.78 is 42.5. The molecule has 0 saturated heterocycles. The Hall–Kier alpha value is -3.09. The van der Waals surface area contributed by atoms with Crippen LogP contribution in [0.5, 0.6) is 0 Å². The molecular formula is C18H13F3N2O2. The van der Waals surface area contributed by atoms with E-state index in [1.165, 1.54) is 18.2 Å². The van der Waals surface area contributed by atoms with Gasteiger partial charge in [0.15, 0.2) is 0 Å². The van der Waals surface area contributed by atoms with E-state index < -0.39 is 17.6 Å². The molecule has 1 aromatic heterocycles. The van der Waals surface area contributed by atoms with Crippen molar-refractivity contribution in [2.75, 3.05) is 0 Å². The van der Waals surface area contributed by atoms with E-state index in [1.807, 2.05) is 30.3 Å². The topological polar surface area (TPSA) is 55.1 Å². The molecule has 0 spiro atoms. The summed E-state index contributed by atoms with van der Waals surface area (Å²) in [4.78, 5) is 12.1. The zero-order valence-electron chi connectivity index (χ0n) is 12.9. The molecule has 0 saturated carbocycles. The number of hydrogen-bond donors (Lipinski definition) is 1. The van der Waals surface area contributed by atoms with Gasteiger partial charge in [0.05, 0.1) is 5.56 Å². The zero-order valence-corrected chi connectivity index (χ0v) is 12.9. The van der Waals surface area contributed by atoms with Crippen LogP contribution in [0.3, 0.4) is 0 Å². The molecule has 3 aromatic rings. The van der Waals surface area contributed by atoms with Gasteiger partial charge in [-0.2, -0.15) is 13.2 Å². The summed E-state index contributed by atoms with van der Waals surface area (Å²) in [5.74, 6) is -0.458. The van der Waals surface area contributed by atoms with Crippen LogP contribution in [0, 0.1) is 0 Å². The first-order chi connectivity index (χ1) is 11.9. The Morgan fingerprint density at radius 1 is 1.04 bits per heavy atom. The highest BCUT2D eigenvalue weighted by Gasteiger charge is 2.29. The third-order valence-corrected chi connectivity index (χ3v) is 3.54. The molecular weight excluding hydrogens is 333 g/mol. The van der Waals surface area contributed by atoms with Gasteiger partial charge in [-0.3, -0.25) is 4.79 Å². The molecule has 128 valence electrons. The van der Waals surface area contributed by atoms with Crippen LogP contribution in [0.2, 0.25) is 0 Å². The maximum atomic E-state index is 12.5. The van der Waals surface area contributed by atoms with Gasteiger partial charge in [-0.15, -0.1) is 0 Å². The van der Waals surface area contributed by atoms with Crippen molar-refractivity contribution >= 4 is 5.91 Å². The summed E-state index contributed by atoms with van der Waals surface area (Å²) in [5.41, 5.74) is 1.16. The fourth-order valence-electron chi connectivity index (χ4n) is 2.21. The van der Waals surface area contributed by atoms with E-state index >= 15 is 0 Å². The minimum Gasteiger partial charge on any atom is -0.350 e. The van der Waals surface area contributed by atoms with Crippen molar-refractivity contribution in [1.82, 2.24) is 10.5 Å². The Bertz CT molecular complexity index is 856. The number of carbonyl (C=O) groups is 1. The van der Waals surface area contributed by atoms with Gasteiger partial charge >= 0.3 is 6.18 Å². The number of rotatable bonds is 4. The van der Waals surface area contributed by atoms with Crippen molar-refractivity contribution in [1.29, 1.82) is 0 Å². The summed E-state index contributed by atoms with van der Waals surface area (Å²) in [5, 5.41) is 6.42. The predicted molar refractivity (Wildman–Crippen MR) is 84.6 cm³/mol. The lowest BCUT2D eigenvalue weighted by atomic mass is 10.1. The Kier molecular flexibility index (Phi) is 4.56. The molecule has 0 radical (unpaired) electrons. The molecule has 0 aliphatic heterocycles. The quantitative estimate of drug-likeness (QED) is 0.767. The van der Waals surface area contributed by atoms with Gasteiger partial charge in [-0.1, -0.05) is 47.6 Å². The Morgan fingerprint density at radius 2 is 1.72 bits per heavy atom. The number of carbonyl (C=O) groups excluding carboxylic acids is 1. The van der Waals surface area contributed by atoms with E-state index in [4.69, 9.17) is 4.52 Å². The normalized spacial score (nSPS) is 11.3. The van der Waals surface area contributed by atoms with Gasteiger partial charge in [-0.05, 0) is 17.7 Å². The van der Waals surface area contributed by atoms with E-state index in [0.717, 1.165) is 17.7 Å². The number of amides is 1. The van der Waals surface area contributed by atoms with Gasteiger partial charge < -0.3 is 9.84 Å². The van der Waals surface area contributed by atoms with Crippen molar-refractivity contribution in [3.8, 4) is 11.3 Å². The molecule has 0 fully saturated rings. The lowest BCUT2D eigenvalue weighted by Crippen LogP contribution is -2.22. The third kappa shape index (κ3) is 4.06. The van der Waals surface area contributed by atoms with Crippen LogP contribution in [-0.4, -0.2) is 11.1 Å². The van der Waals surface area contributed by atoms with Gasteiger partial charge in [0, 0.05) is 18.2 Å². The first-order valence-corrected chi connectivity index (χ1v) is 7.40. The Labute approximate surface area is 141 Å². The lowest BCUT2D eigenvalue weighted by Gasteiger charge is -2.08. The number of aromatic nitrogens is 1. The monoisotopic (exact) mass is 346 g/mol. The fourth-order valence-corrected chi connectivity index (χ4v) is 2.21. The number of nitrogens with zero attached hydrogens (tertiary/aromatic N) is 1. The highest BCUT2D eigenvalue weighted by Crippen LogP contribution is 2.29. The van der Waals surface area contributed by atoms with Crippen LogP contribution >= 0.6 is 0 Å². The molecule has 0 aliphatic carbocycles. The highest BCUT2D eigenvalue weighted by atomic mass is 19.4. The van der Waals surface area contributed by atoms with Crippen molar-refractivity contribution in [3.63, 3.8) is 0 Å². The van der Waals surface area contributed by atoms with Crippen LogP contribution in [0.15, 0.2) is 65.2 Å². The minimum absolute atomic E-state index is 0.0331. The highest BCUT2D eigenvalue weighted by molar-refractivity contribution is 5.92. The molecule has 1 amide bonds. The molecule has 25 heavy (non-hydrogen) atoms. The first kappa shape index (κ1) is 16.8. The van der Waals surface area contributed by atoms with Crippen molar-refractivity contribution in [3.05, 3.63) is 77.6 Å². The number of benzene rings is 2. The van der Waals surface area contributed by atoms with Gasteiger partial charge in [0.25, 0.3) is 5.91 Å². The second kappa shape index (κ2) is 6.80. The summed E-state index contributed by atoms with van der Waals surface area (Å²) >= 11 is 0. The number of alkyl halides is 3. The van der Waals surface area contributed by atoms with E-state index in [0.29, 0.717) is 11.3 Å². The van der Waals surface area contributed by atoms with E-state index in [2.05, 4.69) is 10.5 Å². The minimum atomic E-state index is -4.38. The summed E-state index contributed by atoms with van der Waals surface area (Å²) in [6, 6.07) is 15.3. The smallest absolute Gasteiger partial charge is 0.350 e. The van der Waals surface area contributed by atoms with Crippen LogP contribution in [-0.2, 0) is 12.7 Å². The van der Waals surface area contributed by atoms with Crippen molar-refractivity contribution in [2.24, 2.45) is 0 Å². The summed E-state index contributed by atoms with van der Waals surface area (Å²) in [7, 11) is 0. The van der Waals surface area contributed by atoms with Crippen molar-refractivity contribution in [2.45, 2.75) is 12.7 Å². The lowest BCUT2D eigenvalue weighted by molar-refractivity contribution is -0.137. The van der Waals surface area contributed by atoms with Gasteiger partial charge in [-0.25, -0.2) is 0 Å². The van der Waals surface area contributed by atoms with E-state index in [9.17, 15) is 18.0 Å². The Balaban J connectivity index is 1.62. The van der Waals surface area contributed by atoms with Crippen LogP contribution in [0.4, 0.5) is 13.2 Å². The molecule has 2 aromatic carbocycles. The number of halogens is 3. The second-order valence-electron chi connectivity index (χ2n) is 5.32. The maximum absolute atomic E-state index is 12.5. The van der Waals surface area contributed by atoms with E-state index in [1.54, 1.807) is 0 Å². The fraction of sp³-hybridized carbons (Fsp3) is 0.111. The van der Waals surface area contributed by atoms with Crippen LogP contribution in [0.1, 0.15) is 21.7 Å². The van der Waals surface area contributed by atoms with Crippen LogP contribution < -0.4 is 5.32 Å². The van der Waals surface area contributed by atoms with Gasteiger partial charge in [0.2, 0.25) is 5.76 Å². The predicted octanol–water partition coefficient (Wildman–Crippen LogP) is 4.29. The SMILES string of the molecule is O=C(NCc1ccc(C(F)(F)F)cc1)c1cc(-c2ccccc2)no1. The summed E-state index contributed by atoms with van der Waals surface area (Å²) in [6.45, 7) is 0.0817. The van der Waals surface area contributed by atoms with Crippen molar-refractivity contribution < 1.29 is 22.5 Å².